The van der Waals surface area contributed by atoms with Gasteiger partial charge in [0.15, 0.2) is 0 Å². The summed E-state index contributed by atoms with van der Waals surface area (Å²) in [5, 5.41) is 8.77. The normalized spacial score (nSPS) is 21.5. The summed E-state index contributed by atoms with van der Waals surface area (Å²) < 4.78 is 1.03. The molecule has 1 fully saturated rings. The predicted octanol–water partition coefficient (Wildman–Crippen LogP) is 2.34. The Morgan fingerprint density at radius 3 is 2.89 bits per heavy atom. The van der Waals surface area contributed by atoms with Gasteiger partial charge in [0.2, 0.25) is 0 Å². The van der Waals surface area contributed by atoms with Crippen LogP contribution < -0.4 is 5.73 Å². The van der Waals surface area contributed by atoms with Crippen molar-refractivity contribution >= 4 is 21.9 Å². The van der Waals surface area contributed by atoms with Crippen LogP contribution in [0.25, 0.3) is 0 Å². The molecule has 0 saturated carbocycles. The zero-order chi connectivity index (χ0) is 14.0. The second kappa shape index (κ2) is 6.03. The second-order valence-electron chi connectivity index (χ2n) is 5.23. The fourth-order valence-electron chi connectivity index (χ4n) is 2.60. The molecule has 0 aromatic heterocycles. The van der Waals surface area contributed by atoms with Gasteiger partial charge in [-0.1, -0.05) is 28.1 Å². The third-order valence-electron chi connectivity index (χ3n) is 3.68. The molecule has 1 aromatic carbocycles. The minimum absolute atomic E-state index is 0.0437. The lowest BCUT2D eigenvalue weighted by Gasteiger charge is -2.16. The standard InChI is InChI=1S/C14H19BrN2O2/c1-17-5-4-10(8-17)11-3-2-9(6-12(11)15)13(16)7-14(18)19/h2-3,6,10,13H,4-5,7-8,16H2,1H3,(H,18,19). The van der Waals surface area contributed by atoms with Gasteiger partial charge >= 0.3 is 5.97 Å². The molecule has 0 aliphatic carbocycles. The van der Waals surface area contributed by atoms with E-state index in [9.17, 15) is 4.79 Å². The minimum atomic E-state index is -0.870. The lowest BCUT2D eigenvalue weighted by molar-refractivity contribution is -0.137. The zero-order valence-corrected chi connectivity index (χ0v) is 12.6. The van der Waals surface area contributed by atoms with Crippen molar-refractivity contribution in [1.29, 1.82) is 0 Å². The van der Waals surface area contributed by atoms with Crippen LogP contribution in [0, 0.1) is 0 Å². The number of carboxylic acid groups (broad SMARTS) is 1. The summed E-state index contributed by atoms with van der Waals surface area (Å²) >= 11 is 3.59. The van der Waals surface area contributed by atoms with Crippen LogP contribution >= 0.6 is 15.9 Å². The van der Waals surface area contributed by atoms with Gasteiger partial charge in [0.1, 0.15) is 0 Å². The topological polar surface area (TPSA) is 66.6 Å². The SMILES string of the molecule is CN1CCC(c2ccc(C(N)CC(=O)O)cc2Br)C1. The summed E-state index contributed by atoms with van der Waals surface area (Å²) in [5.74, 6) is -0.325. The number of nitrogens with two attached hydrogens (primary N) is 1. The minimum Gasteiger partial charge on any atom is -0.481 e. The first-order chi connectivity index (χ1) is 8.97. The van der Waals surface area contributed by atoms with E-state index in [-0.39, 0.29) is 6.42 Å². The van der Waals surface area contributed by atoms with Crippen LogP contribution in [0.2, 0.25) is 0 Å². The molecule has 0 bridgehead atoms. The van der Waals surface area contributed by atoms with Crippen molar-refractivity contribution < 1.29 is 9.90 Å². The van der Waals surface area contributed by atoms with Gasteiger partial charge in [0.05, 0.1) is 6.42 Å². The Morgan fingerprint density at radius 1 is 1.63 bits per heavy atom. The smallest absolute Gasteiger partial charge is 0.305 e. The maximum absolute atomic E-state index is 10.7. The predicted molar refractivity (Wildman–Crippen MR) is 78.2 cm³/mol. The molecule has 104 valence electrons. The van der Waals surface area contributed by atoms with Crippen LogP contribution in [0.3, 0.4) is 0 Å². The highest BCUT2D eigenvalue weighted by Crippen LogP contribution is 2.33. The molecular weight excluding hydrogens is 308 g/mol. The molecule has 0 radical (unpaired) electrons. The van der Waals surface area contributed by atoms with E-state index in [1.54, 1.807) is 0 Å². The maximum Gasteiger partial charge on any atom is 0.305 e. The molecular formula is C14H19BrN2O2. The zero-order valence-electron chi connectivity index (χ0n) is 11.0. The van der Waals surface area contributed by atoms with Gasteiger partial charge in [-0.05, 0) is 43.1 Å². The number of rotatable bonds is 4. The quantitative estimate of drug-likeness (QED) is 0.891. The van der Waals surface area contributed by atoms with E-state index in [0.29, 0.717) is 5.92 Å². The molecule has 5 heteroatoms. The fourth-order valence-corrected chi connectivity index (χ4v) is 3.32. The van der Waals surface area contributed by atoms with Gasteiger partial charge in [0, 0.05) is 17.1 Å². The molecule has 19 heavy (non-hydrogen) atoms. The highest BCUT2D eigenvalue weighted by molar-refractivity contribution is 9.10. The second-order valence-corrected chi connectivity index (χ2v) is 6.09. The molecule has 3 N–H and O–H groups in total. The third kappa shape index (κ3) is 3.55. The molecule has 4 nitrogen and oxygen atoms in total. The monoisotopic (exact) mass is 326 g/mol. The molecule has 1 aliphatic heterocycles. The highest BCUT2D eigenvalue weighted by atomic mass is 79.9. The van der Waals surface area contributed by atoms with E-state index in [2.05, 4.69) is 33.9 Å². The first-order valence-corrected chi connectivity index (χ1v) is 7.22. The Hall–Kier alpha value is -0.910. The number of hydrogen-bond acceptors (Lipinski definition) is 3. The molecule has 2 atom stereocenters. The molecule has 1 heterocycles. The van der Waals surface area contributed by atoms with Gasteiger partial charge in [-0.15, -0.1) is 0 Å². The summed E-state index contributed by atoms with van der Waals surface area (Å²) in [6.45, 7) is 2.19. The molecule has 0 spiro atoms. The fraction of sp³-hybridized carbons (Fsp3) is 0.500. The van der Waals surface area contributed by atoms with E-state index in [4.69, 9.17) is 10.8 Å². The summed E-state index contributed by atoms with van der Waals surface area (Å²) in [7, 11) is 2.13. The lowest BCUT2D eigenvalue weighted by atomic mass is 9.95. The Kier molecular flexibility index (Phi) is 4.60. The van der Waals surface area contributed by atoms with Crippen molar-refractivity contribution in [2.24, 2.45) is 5.73 Å². The van der Waals surface area contributed by atoms with E-state index in [1.807, 2.05) is 12.1 Å². The number of carbonyl (C=O) groups is 1. The number of carboxylic acids is 1. The number of aliphatic carboxylic acids is 1. The summed E-state index contributed by atoms with van der Waals surface area (Å²) in [5.41, 5.74) is 8.03. The van der Waals surface area contributed by atoms with Crippen molar-refractivity contribution in [3.8, 4) is 0 Å². The average Bonchev–Trinajstić information content (AvgIpc) is 2.74. The Balaban J connectivity index is 2.15. The molecule has 1 saturated heterocycles. The van der Waals surface area contributed by atoms with Crippen molar-refractivity contribution in [1.82, 2.24) is 4.90 Å². The number of nitrogens with zero attached hydrogens (tertiary/aromatic N) is 1. The number of likely N-dealkylation sites (N-methyl/N-ethyl adjacent to an activating group) is 1. The van der Waals surface area contributed by atoms with Gasteiger partial charge in [-0.25, -0.2) is 0 Å². The summed E-state index contributed by atoms with van der Waals surface area (Å²) in [6, 6.07) is 5.53. The van der Waals surface area contributed by atoms with Gasteiger partial charge in [-0.2, -0.15) is 0 Å². The average molecular weight is 327 g/mol. The number of hydrogen-bond donors (Lipinski definition) is 2. The first-order valence-electron chi connectivity index (χ1n) is 6.42. The Labute approximate surface area is 121 Å². The Bertz CT molecular complexity index is 479. The maximum atomic E-state index is 10.7. The molecule has 1 aliphatic rings. The van der Waals surface area contributed by atoms with E-state index in [1.165, 1.54) is 5.56 Å². The van der Waals surface area contributed by atoms with Crippen LogP contribution in [-0.4, -0.2) is 36.1 Å². The Morgan fingerprint density at radius 2 is 2.37 bits per heavy atom. The molecule has 2 rings (SSSR count). The number of halogens is 1. The van der Waals surface area contributed by atoms with Crippen LogP contribution in [0.1, 0.15) is 35.9 Å². The summed E-state index contributed by atoms with van der Waals surface area (Å²) in [4.78, 5) is 13.0. The van der Waals surface area contributed by atoms with Gasteiger partial charge in [0.25, 0.3) is 0 Å². The lowest BCUT2D eigenvalue weighted by Crippen LogP contribution is -2.16. The van der Waals surface area contributed by atoms with Crippen LogP contribution in [0.15, 0.2) is 22.7 Å². The largest absolute Gasteiger partial charge is 0.481 e. The number of benzene rings is 1. The van der Waals surface area contributed by atoms with Crippen LogP contribution in [0.5, 0.6) is 0 Å². The van der Waals surface area contributed by atoms with Crippen molar-refractivity contribution in [3.05, 3.63) is 33.8 Å². The van der Waals surface area contributed by atoms with E-state index < -0.39 is 12.0 Å². The van der Waals surface area contributed by atoms with Crippen LogP contribution in [0.4, 0.5) is 0 Å². The molecule has 2 unspecified atom stereocenters. The molecule has 1 aromatic rings. The first kappa shape index (κ1) is 14.5. The van der Waals surface area contributed by atoms with Crippen molar-refractivity contribution in [2.75, 3.05) is 20.1 Å². The van der Waals surface area contributed by atoms with Gasteiger partial charge in [-0.3, -0.25) is 4.79 Å². The highest BCUT2D eigenvalue weighted by Gasteiger charge is 2.23. The summed E-state index contributed by atoms with van der Waals surface area (Å²) in [6.07, 6.45) is 1.12. The van der Waals surface area contributed by atoms with Gasteiger partial charge < -0.3 is 15.7 Å². The van der Waals surface area contributed by atoms with E-state index >= 15 is 0 Å². The van der Waals surface area contributed by atoms with Crippen LogP contribution in [-0.2, 0) is 4.79 Å². The molecule has 0 amide bonds. The third-order valence-corrected chi connectivity index (χ3v) is 4.37. The van der Waals surface area contributed by atoms with Crippen molar-refractivity contribution in [3.63, 3.8) is 0 Å². The van der Waals surface area contributed by atoms with E-state index in [0.717, 1.165) is 29.5 Å². The van der Waals surface area contributed by atoms with Crippen molar-refractivity contribution in [2.45, 2.75) is 24.8 Å². The number of likely N-dealkylation sites (tertiary alicyclic amines) is 1.